The Labute approximate surface area is 131 Å². The molecule has 2 heterocycles. The van der Waals surface area contributed by atoms with Crippen molar-refractivity contribution < 1.29 is 13.2 Å². The molecule has 0 spiro atoms. The van der Waals surface area contributed by atoms with Gasteiger partial charge in [0.15, 0.2) is 0 Å². The van der Waals surface area contributed by atoms with E-state index in [1.807, 2.05) is 13.0 Å². The molecule has 7 nitrogen and oxygen atoms in total. The minimum atomic E-state index is -3.32. The second kappa shape index (κ2) is 7.44. The largest absolute Gasteiger partial charge is 0.367 e. The van der Waals surface area contributed by atoms with Crippen LogP contribution in [-0.4, -0.2) is 56.6 Å². The lowest BCUT2D eigenvalue weighted by Crippen LogP contribution is -2.45. The Morgan fingerprint density at radius 3 is 2.55 bits per heavy atom. The molecule has 1 N–H and O–H groups in total. The second-order valence-corrected chi connectivity index (χ2v) is 7.15. The van der Waals surface area contributed by atoms with Gasteiger partial charge in [-0.1, -0.05) is 13.3 Å². The molecule has 0 unspecified atom stereocenters. The summed E-state index contributed by atoms with van der Waals surface area (Å²) in [4.78, 5) is 18.7. The van der Waals surface area contributed by atoms with E-state index in [0.717, 1.165) is 31.6 Å². The number of aromatic nitrogens is 1. The number of unbranched alkanes of at least 4 members (excludes halogenated alkanes) is 1. The monoisotopic (exact) mass is 326 g/mol. The fourth-order valence-electron chi connectivity index (χ4n) is 2.26. The van der Waals surface area contributed by atoms with Gasteiger partial charge in [-0.05, 0) is 18.6 Å². The Balaban J connectivity index is 1.94. The normalized spacial score (nSPS) is 15.7. The number of amides is 1. The summed E-state index contributed by atoms with van der Waals surface area (Å²) >= 11 is 0. The molecule has 2 rings (SSSR count). The summed E-state index contributed by atoms with van der Waals surface area (Å²) in [6.45, 7) is 4.83. The van der Waals surface area contributed by atoms with E-state index in [1.54, 1.807) is 17.2 Å². The van der Waals surface area contributed by atoms with Crippen molar-refractivity contribution in [2.45, 2.75) is 19.8 Å². The third-order valence-electron chi connectivity index (χ3n) is 3.60. The molecule has 0 bridgehead atoms. The van der Waals surface area contributed by atoms with Crippen LogP contribution in [0.1, 0.15) is 19.8 Å². The fourth-order valence-corrected chi connectivity index (χ4v) is 3.47. The molecule has 0 saturated carbocycles. The standard InChI is InChI=1S/C14H22N4O3S/c1-2-3-10-22(20,21)16-14-5-4-13(11-15-14)18-8-6-17(12-19)7-9-18/h4-5,11-12H,2-3,6-10H2,1H3,(H,15,16). The highest BCUT2D eigenvalue weighted by molar-refractivity contribution is 7.92. The summed E-state index contributed by atoms with van der Waals surface area (Å²) < 4.78 is 26.1. The lowest BCUT2D eigenvalue weighted by Gasteiger charge is -2.33. The van der Waals surface area contributed by atoms with Crippen molar-refractivity contribution in [3.63, 3.8) is 0 Å². The van der Waals surface area contributed by atoms with Gasteiger partial charge in [-0.15, -0.1) is 0 Å². The van der Waals surface area contributed by atoms with E-state index in [4.69, 9.17) is 0 Å². The average molecular weight is 326 g/mol. The molecule has 0 aliphatic carbocycles. The van der Waals surface area contributed by atoms with E-state index in [2.05, 4.69) is 14.6 Å². The van der Waals surface area contributed by atoms with Gasteiger partial charge in [0.05, 0.1) is 17.6 Å². The van der Waals surface area contributed by atoms with Gasteiger partial charge in [0.1, 0.15) is 5.82 Å². The van der Waals surface area contributed by atoms with Gasteiger partial charge in [0, 0.05) is 26.2 Å². The van der Waals surface area contributed by atoms with Crippen LogP contribution in [0.3, 0.4) is 0 Å². The first kappa shape index (κ1) is 16.5. The van der Waals surface area contributed by atoms with E-state index in [1.165, 1.54) is 0 Å². The van der Waals surface area contributed by atoms with Crippen molar-refractivity contribution in [2.75, 3.05) is 41.6 Å². The predicted octanol–water partition coefficient (Wildman–Crippen LogP) is 0.902. The number of piperazine rings is 1. The topological polar surface area (TPSA) is 82.6 Å². The number of carbonyl (C=O) groups is 1. The van der Waals surface area contributed by atoms with Gasteiger partial charge < -0.3 is 9.80 Å². The first-order valence-electron chi connectivity index (χ1n) is 7.45. The highest BCUT2D eigenvalue weighted by atomic mass is 32.2. The van der Waals surface area contributed by atoms with Gasteiger partial charge in [-0.2, -0.15) is 0 Å². The summed E-state index contributed by atoms with van der Waals surface area (Å²) in [6, 6.07) is 3.52. The molecular formula is C14H22N4O3S. The Hall–Kier alpha value is -1.83. The van der Waals surface area contributed by atoms with Crippen molar-refractivity contribution in [3.05, 3.63) is 18.3 Å². The molecule has 22 heavy (non-hydrogen) atoms. The zero-order chi connectivity index (χ0) is 16.0. The lowest BCUT2D eigenvalue weighted by molar-refractivity contribution is -0.118. The molecule has 1 aromatic rings. The van der Waals surface area contributed by atoms with Gasteiger partial charge in [0.2, 0.25) is 16.4 Å². The van der Waals surface area contributed by atoms with Crippen LogP contribution in [0.15, 0.2) is 18.3 Å². The Morgan fingerprint density at radius 2 is 2.00 bits per heavy atom. The summed E-state index contributed by atoms with van der Waals surface area (Å²) in [7, 11) is -3.32. The number of nitrogens with one attached hydrogen (secondary N) is 1. The average Bonchev–Trinajstić information content (AvgIpc) is 2.53. The summed E-state index contributed by atoms with van der Waals surface area (Å²) in [6.07, 6.45) is 3.99. The van der Waals surface area contributed by atoms with Crippen molar-refractivity contribution in [1.82, 2.24) is 9.88 Å². The molecule has 8 heteroatoms. The quantitative estimate of drug-likeness (QED) is 0.753. The minimum absolute atomic E-state index is 0.112. The number of anilines is 2. The molecule has 1 aromatic heterocycles. The third-order valence-corrected chi connectivity index (χ3v) is 4.95. The molecule has 1 aliphatic rings. The highest BCUT2D eigenvalue weighted by Gasteiger charge is 2.16. The molecule has 1 saturated heterocycles. The number of rotatable bonds is 7. The van der Waals surface area contributed by atoms with E-state index in [-0.39, 0.29) is 5.75 Å². The molecule has 122 valence electrons. The zero-order valence-corrected chi connectivity index (χ0v) is 13.6. The molecule has 0 radical (unpaired) electrons. The van der Waals surface area contributed by atoms with Crippen LogP contribution >= 0.6 is 0 Å². The summed E-state index contributed by atoms with van der Waals surface area (Å²) in [5, 5.41) is 0. The number of carbonyl (C=O) groups excluding carboxylic acids is 1. The molecule has 0 aromatic carbocycles. The Morgan fingerprint density at radius 1 is 1.27 bits per heavy atom. The van der Waals surface area contributed by atoms with Crippen molar-refractivity contribution >= 4 is 27.9 Å². The first-order chi connectivity index (χ1) is 10.5. The van der Waals surface area contributed by atoms with Gasteiger partial charge in [-0.3, -0.25) is 9.52 Å². The summed E-state index contributed by atoms with van der Waals surface area (Å²) in [5.74, 6) is 0.451. The van der Waals surface area contributed by atoms with Crippen LogP contribution in [0.25, 0.3) is 0 Å². The SMILES string of the molecule is CCCCS(=O)(=O)Nc1ccc(N2CCN(C=O)CC2)cn1. The van der Waals surface area contributed by atoms with Gasteiger partial charge in [0.25, 0.3) is 0 Å². The van der Waals surface area contributed by atoms with Crippen LogP contribution in [-0.2, 0) is 14.8 Å². The van der Waals surface area contributed by atoms with Crippen molar-refractivity contribution in [2.24, 2.45) is 0 Å². The second-order valence-electron chi connectivity index (χ2n) is 5.30. The van der Waals surface area contributed by atoms with Crippen molar-refractivity contribution in [3.8, 4) is 0 Å². The third kappa shape index (κ3) is 4.59. The molecule has 1 fully saturated rings. The van der Waals surface area contributed by atoms with Crippen LogP contribution in [0.4, 0.5) is 11.5 Å². The lowest BCUT2D eigenvalue weighted by atomic mass is 10.3. The van der Waals surface area contributed by atoms with E-state index in [9.17, 15) is 13.2 Å². The smallest absolute Gasteiger partial charge is 0.233 e. The number of hydrogen-bond acceptors (Lipinski definition) is 5. The number of nitrogens with zero attached hydrogens (tertiary/aromatic N) is 3. The van der Waals surface area contributed by atoms with Crippen LogP contribution in [0.2, 0.25) is 0 Å². The zero-order valence-electron chi connectivity index (χ0n) is 12.7. The molecule has 1 amide bonds. The maximum Gasteiger partial charge on any atom is 0.233 e. The van der Waals surface area contributed by atoms with E-state index < -0.39 is 10.0 Å². The molecule has 0 atom stereocenters. The van der Waals surface area contributed by atoms with Crippen LogP contribution in [0, 0.1) is 0 Å². The van der Waals surface area contributed by atoms with Gasteiger partial charge in [-0.25, -0.2) is 13.4 Å². The number of pyridine rings is 1. The minimum Gasteiger partial charge on any atom is -0.367 e. The van der Waals surface area contributed by atoms with Crippen molar-refractivity contribution in [1.29, 1.82) is 0 Å². The predicted molar refractivity (Wildman–Crippen MR) is 86.4 cm³/mol. The van der Waals surface area contributed by atoms with E-state index >= 15 is 0 Å². The van der Waals surface area contributed by atoms with E-state index in [0.29, 0.717) is 25.3 Å². The Kier molecular flexibility index (Phi) is 5.59. The summed E-state index contributed by atoms with van der Waals surface area (Å²) in [5.41, 5.74) is 0.932. The Bertz CT molecular complexity index is 581. The maximum absolute atomic E-state index is 11.8. The number of sulfonamides is 1. The maximum atomic E-state index is 11.8. The number of hydrogen-bond donors (Lipinski definition) is 1. The molecule has 1 aliphatic heterocycles. The fraction of sp³-hybridized carbons (Fsp3) is 0.571. The first-order valence-corrected chi connectivity index (χ1v) is 9.10. The van der Waals surface area contributed by atoms with Crippen LogP contribution in [0.5, 0.6) is 0 Å². The highest BCUT2D eigenvalue weighted by Crippen LogP contribution is 2.17. The van der Waals surface area contributed by atoms with Crippen LogP contribution < -0.4 is 9.62 Å². The molecular weight excluding hydrogens is 304 g/mol. The van der Waals surface area contributed by atoms with Gasteiger partial charge >= 0.3 is 0 Å².